The highest BCUT2D eigenvalue weighted by Crippen LogP contribution is 2.23. The standard InChI is InChI=1S/C8H14O6/c1-13-8(12)6-2-4(10)7(14-6)5(11)3-9/h4-7,9-11H,2-3H2,1H3/t4-,5-,6?,7-/m1/s1. The van der Waals surface area contributed by atoms with E-state index in [0.717, 1.165) is 0 Å². The van der Waals surface area contributed by atoms with Crippen LogP contribution in [0.5, 0.6) is 0 Å². The van der Waals surface area contributed by atoms with E-state index in [1.165, 1.54) is 7.11 Å². The van der Waals surface area contributed by atoms with Crippen LogP contribution in [0, 0.1) is 0 Å². The molecule has 0 bridgehead atoms. The van der Waals surface area contributed by atoms with Gasteiger partial charge in [0.05, 0.1) is 19.8 Å². The quantitative estimate of drug-likeness (QED) is 0.464. The van der Waals surface area contributed by atoms with E-state index in [-0.39, 0.29) is 6.42 Å². The minimum absolute atomic E-state index is 0.0778. The number of hydrogen-bond acceptors (Lipinski definition) is 6. The average molecular weight is 206 g/mol. The van der Waals surface area contributed by atoms with Crippen molar-refractivity contribution in [2.24, 2.45) is 0 Å². The second kappa shape index (κ2) is 4.70. The van der Waals surface area contributed by atoms with Gasteiger partial charge >= 0.3 is 5.97 Å². The SMILES string of the molecule is COC(=O)C1C[C@@H](O)[C@H]([C@H](O)CO)O1. The number of aliphatic hydroxyl groups excluding tert-OH is 3. The maximum Gasteiger partial charge on any atom is 0.335 e. The Bertz CT molecular complexity index is 206. The van der Waals surface area contributed by atoms with Gasteiger partial charge in [0, 0.05) is 6.42 Å². The third-order valence-corrected chi connectivity index (χ3v) is 2.19. The first-order valence-electron chi connectivity index (χ1n) is 4.30. The molecule has 1 aliphatic heterocycles. The monoisotopic (exact) mass is 206 g/mol. The molecule has 1 heterocycles. The molecule has 82 valence electrons. The maximum absolute atomic E-state index is 11.0. The van der Waals surface area contributed by atoms with Crippen molar-refractivity contribution in [3.05, 3.63) is 0 Å². The second-order valence-electron chi connectivity index (χ2n) is 3.17. The molecule has 4 atom stereocenters. The molecule has 14 heavy (non-hydrogen) atoms. The molecule has 0 aromatic rings. The van der Waals surface area contributed by atoms with Crippen molar-refractivity contribution >= 4 is 5.97 Å². The van der Waals surface area contributed by atoms with Gasteiger partial charge in [-0.05, 0) is 0 Å². The molecule has 0 aromatic heterocycles. The molecule has 1 unspecified atom stereocenters. The highest BCUT2D eigenvalue weighted by atomic mass is 16.6. The number of aliphatic hydroxyl groups is 3. The normalized spacial score (nSPS) is 34.1. The Morgan fingerprint density at radius 3 is 2.86 bits per heavy atom. The van der Waals surface area contributed by atoms with Crippen molar-refractivity contribution in [3.8, 4) is 0 Å². The zero-order valence-electron chi connectivity index (χ0n) is 7.79. The van der Waals surface area contributed by atoms with Crippen molar-refractivity contribution in [3.63, 3.8) is 0 Å². The molecule has 0 aromatic carbocycles. The van der Waals surface area contributed by atoms with Crippen molar-refractivity contribution in [2.45, 2.75) is 30.8 Å². The van der Waals surface area contributed by atoms with Gasteiger partial charge in [0.2, 0.25) is 0 Å². The molecule has 3 N–H and O–H groups in total. The number of hydrogen-bond donors (Lipinski definition) is 3. The minimum Gasteiger partial charge on any atom is -0.467 e. The van der Waals surface area contributed by atoms with Crippen LogP contribution in [0.4, 0.5) is 0 Å². The fourth-order valence-corrected chi connectivity index (χ4v) is 1.42. The van der Waals surface area contributed by atoms with Gasteiger partial charge < -0.3 is 24.8 Å². The number of rotatable bonds is 3. The summed E-state index contributed by atoms with van der Waals surface area (Å²) in [6.45, 7) is -0.518. The molecule has 1 aliphatic rings. The van der Waals surface area contributed by atoms with Gasteiger partial charge in [0.25, 0.3) is 0 Å². The summed E-state index contributed by atoms with van der Waals surface area (Å²) in [5.41, 5.74) is 0. The van der Waals surface area contributed by atoms with E-state index in [1.54, 1.807) is 0 Å². The molecule has 0 saturated carbocycles. The number of methoxy groups -OCH3 is 1. The smallest absolute Gasteiger partial charge is 0.335 e. The first-order valence-corrected chi connectivity index (χ1v) is 4.30. The van der Waals surface area contributed by atoms with Crippen molar-refractivity contribution < 1.29 is 29.6 Å². The predicted molar refractivity (Wildman–Crippen MR) is 44.4 cm³/mol. The van der Waals surface area contributed by atoms with Gasteiger partial charge in [-0.15, -0.1) is 0 Å². The van der Waals surface area contributed by atoms with Crippen LogP contribution in [-0.4, -0.2) is 59.4 Å². The van der Waals surface area contributed by atoms with E-state index in [0.29, 0.717) is 0 Å². The van der Waals surface area contributed by atoms with E-state index in [2.05, 4.69) is 4.74 Å². The molecule has 1 rings (SSSR count). The van der Waals surface area contributed by atoms with Crippen LogP contribution in [0.1, 0.15) is 6.42 Å². The number of ether oxygens (including phenoxy) is 2. The number of esters is 1. The Balaban J connectivity index is 2.55. The van der Waals surface area contributed by atoms with Crippen LogP contribution in [0.25, 0.3) is 0 Å². The topological polar surface area (TPSA) is 96.2 Å². The second-order valence-corrected chi connectivity index (χ2v) is 3.17. The Morgan fingerprint density at radius 1 is 1.71 bits per heavy atom. The van der Waals surface area contributed by atoms with Gasteiger partial charge in [-0.1, -0.05) is 0 Å². The molecular formula is C8H14O6. The van der Waals surface area contributed by atoms with E-state index in [1.807, 2.05) is 0 Å². The van der Waals surface area contributed by atoms with E-state index >= 15 is 0 Å². The minimum atomic E-state index is -1.18. The van der Waals surface area contributed by atoms with Gasteiger partial charge in [-0.2, -0.15) is 0 Å². The average Bonchev–Trinajstić information content (AvgIpc) is 2.58. The van der Waals surface area contributed by atoms with E-state index in [9.17, 15) is 15.0 Å². The summed E-state index contributed by atoms with van der Waals surface area (Å²) in [5, 5.41) is 27.3. The zero-order chi connectivity index (χ0) is 10.7. The molecule has 6 heteroatoms. The summed E-state index contributed by atoms with van der Waals surface area (Å²) < 4.78 is 9.47. The summed E-state index contributed by atoms with van der Waals surface area (Å²) in [7, 11) is 1.22. The van der Waals surface area contributed by atoms with Gasteiger partial charge in [-0.25, -0.2) is 4.79 Å². The molecule has 6 nitrogen and oxygen atoms in total. The summed E-state index contributed by atoms with van der Waals surface area (Å²) in [6.07, 6.45) is -3.85. The van der Waals surface area contributed by atoms with Crippen LogP contribution >= 0.6 is 0 Å². The highest BCUT2D eigenvalue weighted by molar-refractivity contribution is 5.74. The third-order valence-electron chi connectivity index (χ3n) is 2.19. The molecule has 0 aliphatic carbocycles. The first-order chi connectivity index (χ1) is 6.60. The van der Waals surface area contributed by atoms with Crippen molar-refractivity contribution in [1.29, 1.82) is 0 Å². The molecule has 0 radical (unpaired) electrons. The van der Waals surface area contributed by atoms with Crippen LogP contribution in [-0.2, 0) is 14.3 Å². The fourth-order valence-electron chi connectivity index (χ4n) is 1.42. The molecule has 0 amide bonds. The summed E-state index contributed by atoms with van der Waals surface area (Å²) in [6, 6.07) is 0. The Kier molecular flexibility index (Phi) is 3.82. The van der Waals surface area contributed by atoms with Crippen LogP contribution < -0.4 is 0 Å². The molecular weight excluding hydrogens is 192 g/mol. The predicted octanol–water partition coefficient (Wildman–Crippen LogP) is -1.97. The van der Waals surface area contributed by atoms with Crippen molar-refractivity contribution in [2.75, 3.05) is 13.7 Å². The Hall–Kier alpha value is -0.690. The lowest BCUT2D eigenvalue weighted by atomic mass is 10.1. The summed E-state index contributed by atoms with van der Waals surface area (Å²) >= 11 is 0. The van der Waals surface area contributed by atoms with Gasteiger partial charge in [0.15, 0.2) is 6.10 Å². The zero-order valence-corrected chi connectivity index (χ0v) is 7.79. The highest BCUT2D eigenvalue weighted by Gasteiger charge is 2.41. The molecule has 1 saturated heterocycles. The Morgan fingerprint density at radius 2 is 2.36 bits per heavy atom. The molecule has 1 fully saturated rings. The lowest BCUT2D eigenvalue weighted by molar-refractivity contribution is -0.157. The number of carbonyl (C=O) groups is 1. The molecule has 0 spiro atoms. The largest absolute Gasteiger partial charge is 0.467 e. The van der Waals surface area contributed by atoms with Gasteiger partial charge in [-0.3, -0.25) is 0 Å². The van der Waals surface area contributed by atoms with Crippen LogP contribution in [0.15, 0.2) is 0 Å². The lowest BCUT2D eigenvalue weighted by Gasteiger charge is -2.18. The van der Waals surface area contributed by atoms with Crippen LogP contribution in [0.2, 0.25) is 0 Å². The van der Waals surface area contributed by atoms with E-state index in [4.69, 9.17) is 9.84 Å². The van der Waals surface area contributed by atoms with Crippen LogP contribution in [0.3, 0.4) is 0 Å². The fraction of sp³-hybridized carbons (Fsp3) is 0.875. The third kappa shape index (κ3) is 2.21. The van der Waals surface area contributed by atoms with Gasteiger partial charge in [0.1, 0.15) is 12.2 Å². The maximum atomic E-state index is 11.0. The Labute approximate surface area is 81.1 Å². The van der Waals surface area contributed by atoms with E-state index < -0.39 is 37.0 Å². The summed E-state index contributed by atoms with van der Waals surface area (Å²) in [5.74, 6) is -0.586. The number of carbonyl (C=O) groups excluding carboxylic acids is 1. The first kappa shape index (κ1) is 11.4. The lowest BCUT2D eigenvalue weighted by Crippen LogP contribution is -2.37. The van der Waals surface area contributed by atoms with Crippen molar-refractivity contribution in [1.82, 2.24) is 0 Å². The summed E-state index contributed by atoms with van der Waals surface area (Å²) in [4.78, 5) is 11.0.